The van der Waals surface area contributed by atoms with Crippen molar-refractivity contribution in [3.8, 4) is 28.3 Å². The first kappa shape index (κ1) is 20.5. The third-order valence-corrected chi connectivity index (χ3v) is 5.19. The maximum atomic E-state index is 10.4. The Morgan fingerprint density at radius 1 is 0.933 bits per heavy atom. The molecule has 2 heterocycles. The van der Waals surface area contributed by atoms with Gasteiger partial charge < -0.3 is 34.7 Å². The van der Waals surface area contributed by atoms with Crippen LogP contribution in [0.4, 0.5) is 0 Å². The maximum Gasteiger partial charge on any atom is 0.251 e. The second-order valence-corrected chi connectivity index (χ2v) is 7.23. The molecule has 3 aromatic rings. The molecule has 9 nitrogen and oxygen atoms in total. The topological polar surface area (TPSA) is 149 Å². The number of hydrogen-bond donors (Lipinski definition) is 5. The van der Waals surface area contributed by atoms with Crippen LogP contribution in [0.5, 0.6) is 5.75 Å². The minimum atomic E-state index is -1.45. The van der Waals surface area contributed by atoms with Gasteiger partial charge in [0.1, 0.15) is 36.3 Å². The Balaban J connectivity index is 1.64. The second kappa shape index (κ2) is 8.13. The highest BCUT2D eigenvalue weighted by atomic mass is 16.5. The number of phenolic OH excluding ortho intramolecular Hbond substituents is 1. The summed E-state index contributed by atoms with van der Waals surface area (Å²) in [7, 11) is 0. The average Bonchev–Trinajstić information content (AvgIpc) is 3.18. The lowest BCUT2D eigenvalue weighted by Crippen LogP contribution is -2.55. The minimum Gasteiger partial charge on any atom is -0.507 e. The summed E-state index contributed by atoms with van der Waals surface area (Å²) in [6, 6.07) is 12.0. The molecule has 0 unspecified atom stereocenters. The van der Waals surface area contributed by atoms with Crippen LogP contribution in [0.1, 0.15) is 17.6 Å². The number of rotatable bonds is 4. The van der Waals surface area contributed by atoms with Crippen LogP contribution < -0.4 is 0 Å². The summed E-state index contributed by atoms with van der Waals surface area (Å²) in [4.78, 5) is 0. The van der Waals surface area contributed by atoms with Gasteiger partial charge in [-0.2, -0.15) is 0 Å². The van der Waals surface area contributed by atoms with Crippen molar-refractivity contribution < 1.29 is 34.7 Å². The summed E-state index contributed by atoms with van der Waals surface area (Å²) < 4.78 is 11.0. The number of hydrogen-bond acceptors (Lipinski definition) is 9. The van der Waals surface area contributed by atoms with Gasteiger partial charge in [-0.15, -0.1) is 10.2 Å². The van der Waals surface area contributed by atoms with Gasteiger partial charge in [-0.1, -0.05) is 24.3 Å². The fraction of sp³-hybridized carbons (Fsp3) is 0.333. The van der Waals surface area contributed by atoms with Gasteiger partial charge in [-0.05, 0) is 34.9 Å². The standard InChI is InChI=1S/C21H22N2O7/c1-10-22-23-21(29-10)14-6-5-12(8-15(14)25)11-3-2-4-13(7-11)20-19(28)18(27)17(26)16(9-24)30-20/h2-8,16-20,24-28H,9H2,1H3/t16-,17-,18+,19+,20-/m1/s1. The molecule has 1 aliphatic rings. The molecule has 1 aliphatic heterocycles. The Bertz CT molecular complexity index is 1040. The zero-order chi connectivity index (χ0) is 21.4. The fourth-order valence-electron chi connectivity index (χ4n) is 3.57. The molecule has 0 aliphatic carbocycles. The monoisotopic (exact) mass is 414 g/mol. The van der Waals surface area contributed by atoms with Crippen molar-refractivity contribution in [1.29, 1.82) is 0 Å². The van der Waals surface area contributed by atoms with Crippen molar-refractivity contribution in [3.63, 3.8) is 0 Å². The summed E-state index contributed by atoms with van der Waals surface area (Å²) in [6.07, 6.45) is -6.16. The summed E-state index contributed by atoms with van der Waals surface area (Å²) in [5, 5.41) is 57.9. The van der Waals surface area contributed by atoms with Gasteiger partial charge in [0.05, 0.1) is 12.2 Å². The molecule has 158 valence electrons. The van der Waals surface area contributed by atoms with Gasteiger partial charge in [-0.25, -0.2) is 0 Å². The Morgan fingerprint density at radius 3 is 2.37 bits per heavy atom. The van der Waals surface area contributed by atoms with Crippen molar-refractivity contribution in [3.05, 3.63) is 53.9 Å². The molecular formula is C21H22N2O7. The van der Waals surface area contributed by atoms with Crippen LogP contribution >= 0.6 is 0 Å². The lowest BCUT2D eigenvalue weighted by molar-refractivity contribution is -0.231. The van der Waals surface area contributed by atoms with Crippen molar-refractivity contribution in [2.45, 2.75) is 37.4 Å². The van der Waals surface area contributed by atoms with Gasteiger partial charge in [0, 0.05) is 6.92 Å². The second-order valence-electron chi connectivity index (χ2n) is 7.23. The molecule has 1 aromatic heterocycles. The normalized spacial score (nSPS) is 26.6. The number of aliphatic hydroxyl groups is 4. The Hall–Kier alpha value is -2.82. The Labute approximate surface area is 171 Å². The minimum absolute atomic E-state index is 0.0330. The van der Waals surface area contributed by atoms with E-state index in [1.165, 1.54) is 0 Å². The molecule has 5 atom stereocenters. The quantitative estimate of drug-likeness (QED) is 0.420. The number of ether oxygens (including phenoxy) is 1. The van der Waals surface area contributed by atoms with E-state index in [1.807, 2.05) is 6.07 Å². The number of aliphatic hydroxyl groups excluding tert-OH is 4. The number of aryl methyl sites for hydroxylation is 1. The molecule has 9 heteroatoms. The predicted molar refractivity (Wildman–Crippen MR) is 104 cm³/mol. The summed E-state index contributed by atoms with van der Waals surface area (Å²) in [6.45, 7) is 1.16. The first-order chi connectivity index (χ1) is 14.4. The highest BCUT2D eigenvalue weighted by Gasteiger charge is 2.43. The van der Waals surface area contributed by atoms with Crippen LogP contribution in [0.15, 0.2) is 46.9 Å². The molecule has 0 bridgehead atoms. The summed E-state index contributed by atoms with van der Waals surface area (Å²) in [5.74, 6) is 0.571. The largest absolute Gasteiger partial charge is 0.507 e. The SMILES string of the molecule is Cc1nnc(-c2ccc(-c3cccc([C@H]4O[C@H](CO)[C@@H](O)[C@H](O)[C@@H]4O)c3)cc2O)o1. The van der Waals surface area contributed by atoms with Crippen LogP contribution in [0.2, 0.25) is 0 Å². The highest BCUT2D eigenvalue weighted by Crippen LogP contribution is 2.36. The molecule has 1 saturated heterocycles. The Morgan fingerprint density at radius 2 is 1.70 bits per heavy atom. The van der Waals surface area contributed by atoms with E-state index in [4.69, 9.17) is 9.15 Å². The van der Waals surface area contributed by atoms with Crippen LogP contribution in [0, 0.1) is 6.92 Å². The number of phenols is 1. The number of aromatic hydroxyl groups is 1. The molecule has 4 rings (SSSR count). The van der Waals surface area contributed by atoms with E-state index in [2.05, 4.69) is 10.2 Å². The lowest BCUT2D eigenvalue weighted by Gasteiger charge is -2.40. The van der Waals surface area contributed by atoms with Gasteiger partial charge in [0.25, 0.3) is 5.89 Å². The van der Waals surface area contributed by atoms with Crippen LogP contribution in [-0.4, -0.2) is 66.8 Å². The van der Waals surface area contributed by atoms with Crippen molar-refractivity contribution in [2.24, 2.45) is 0 Å². The summed E-state index contributed by atoms with van der Waals surface area (Å²) in [5.41, 5.74) is 2.39. The third-order valence-electron chi connectivity index (χ3n) is 5.19. The molecule has 0 saturated carbocycles. The van der Waals surface area contributed by atoms with E-state index in [9.17, 15) is 25.5 Å². The van der Waals surface area contributed by atoms with Crippen molar-refractivity contribution in [1.82, 2.24) is 10.2 Å². The van der Waals surface area contributed by atoms with E-state index in [0.717, 1.165) is 5.56 Å². The smallest absolute Gasteiger partial charge is 0.251 e. The first-order valence-corrected chi connectivity index (χ1v) is 9.43. The zero-order valence-electron chi connectivity index (χ0n) is 16.1. The van der Waals surface area contributed by atoms with Gasteiger partial charge in [-0.3, -0.25) is 0 Å². The molecule has 0 radical (unpaired) electrons. The van der Waals surface area contributed by atoms with E-state index in [1.54, 1.807) is 43.3 Å². The number of benzene rings is 2. The third kappa shape index (κ3) is 3.69. The fourth-order valence-corrected chi connectivity index (χ4v) is 3.57. The highest BCUT2D eigenvalue weighted by molar-refractivity contribution is 5.72. The van der Waals surface area contributed by atoms with Crippen LogP contribution in [-0.2, 0) is 4.74 Å². The predicted octanol–water partition coefficient (Wildman–Crippen LogP) is 0.933. The molecule has 0 spiro atoms. The molecule has 2 aromatic carbocycles. The lowest BCUT2D eigenvalue weighted by atomic mass is 9.90. The zero-order valence-corrected chi connectivity index (χ0v) is 16.1. The molecule has 1 fully saturated rings. The van der Waals surface area contributed by atoms with Crippen LogP contribution in [0.25, 0.3) is 22.6 Å². The van der Waals surface area contributed by atoms with Gasteiger partial charge in [0.2, 0.25) is 5.89 Å². The van der Waals surface area contributed by atoms with Crippen LogP contribution in [0.3, 0.4) is 0 Å². The molecule has 0 amide bonds. The summed E-state index contributed by atoms with van der Waals surface area (Å²) >= 11 is 0. The van der Waals surface area contributed by atoms with E-state index >= 15 is 0 Å². The Kier molecular flexibility index (Phi) is 5.54. The first-order valence-electron chi connectivity index (χ1n) is 9.43. The van der Waals surface area contributed by atoms with Crippen molar-refractivity contribution in [2.75, 3.05) is 6.61 Å². The molecular weight excluding hydrogens is 392 g/mol. The molecule has 30 heavy (non-hydrogen) atoms. The maximum absolute atomic E-state index is 10.4. The molecule has 5 N–H and O–H groups in total. The average molecular weight is 414 g/mol. The van der Waals surface area contributed by atoms with Gasteiger partial charge >= 0.3 is 0 Å². The van der Waals surface area contributed by atoms with E-state index in [0.29, 0.717) is 22.6 Å². The number of nitrogens with zero attached hydrogens (tertiary/aromatic N) is 2. The number of aromatic nitrogens is 2. The van der Waals surface area contributed by atoms with E-state index < -0.39 is 37.1 Å². The van der Waals surface area contributed by atoms with E-state index in [-0.39, 0.29) is 11.6 Å². The van der Waals surface area contributed by atoms with Gasteiger partial charge in [0.15, 0.2) is 0 Å². The van der Waals surface area contributed by atoms with Crippen molar-refractivity contribution >= 4 is 0 Å².